The molecule has 0 saturated carbocycles. The number of hydrogen-bond donors (Lipinski definition) is 0. The third-order valence-corrected chi connectivity index (χ3v) is 4.57. The van der Waals surface area contributed by atoms with Crippen molar-refractivity contribution in [2.45, 2.75) is 33.5 Å². The topological polar surface area (TPSA) is 18.5 Å². The summed E-state index contributed by atoms with van der Waals surface area (Å²) >= 11 is 4.57. The minimum atomic E-state index is -0.732. The van der Waals surface area contributed by atoms with Crippen molar-refractivity contribution in [1.82, 2.24) is 0 Å². The zero-order valence-electron chi connectivity index (χ0n) is 12.5. The Hall–Kier alpha value is -0.500. The molecule has 2 aromatic rings. The summed E-state index contributed by atoms with van der Waals surface area (Å²) < 4.78 is 14.3. The van der Waals surface area contributed by atoms with E-state index in [1.165, 1.54) is 11.1 Å². The Morgan fingerprint density at radius 2 is 1.14 bits per heavy atom. The Kier molecular flexibility index (Phi) is 5.40. The third kappa shape index (κ3) is 4.74. The quantitative estimate of drug-likeness (QED) is 0.390. The van der Waals surface area contributed by atoms with Gasteiger partial charge in [0, 0.05) is 13.8 Å². The van der Waals surface area contributed by atoms with Gasteiger partial charge in [-0.1, -0.05) is 12.1 Å². The van der Waals surface area contributed by atoms with Gasteiger partial charge in [0.25, 0.3) is 0 Å². The molecule has 2 aromatic carbocycles. The van der Waals surface area contributed by atoms with Crippen LogP contribution in [0.2, 0.25) is 0 Å². The van der Waals surface area contributed by atoms with Crippen LogP contribution < -0.4 is 9.47 Å². The lowest BCUT2D eigenvalue weighted by Crippen LogP contribution is -2.35. The van der Waals surface area contributed by atoms with E-state index in [0.717, 1.165) is 18.6 Å². The summed E-state index contributed by atoms with van der Waals surface area (Å²) in [6, 6.07) is 12.3. The molecule has 2 nitrogen and oxygen atoms in total. The molecule has 0 unspecified atom stereocenters. The number of benzene rings is 2. The minimum absolute atomic E-state index is 0.732. The lowest BCUT2D eigenvalue weighted by atomic mass is 10.2. The van der Waals surface area contributed by atoms with Gasteiger partial charge in [0.05, 0.1) is 7.14 Å². The van der Waals surface area contributed by atoms with Crippen LogP contribution in [0.3, 0.4) is 0 Å². The fourth-order valence-electron chi connectivity index (χ4n) is 1.93. The molecule has 0 aliphatic rings. The molecule has 0 aromatic heterocycles. The first-order chi connectivity index (χ1) is 9.77. The van der Waals surface area contributed by atoms with Gasteiger partial charge in [0.2, 0.25) is 5.79 Å². The second-order valence-corrected chi connectivity index (χ2v) is 7.80. The van der Waals surface area contributed by atoms with Gasteiger partial charge in [-0.05, 0) is 94.4 Å². The lowest BCUT2D eigenvalue weighted by molar-refractivity contribution is -0.0820. The number of ether oxygens (including phenoxy) is 2. The van der Waals surface area contributed by atoms with E-state index < -0.39 is 5.79 Å². The molecule has 21 heavy (non-hydrogen) atoms. The third-order valence-electron chi connectivity index (χ3n) is 2.89. The Balaban J connectivity index is 2.18. The standard InChI is InChI=1S/C17H18I2O2/c1-11-5-7-15(13(18)9-11)20-17(3,4)21-16-8-6-12(2)10-14(16)19/h5-10H,1-4H3. The Morgan fingerprint density at radius 1 is 0.762 bits per heavy atom. The monoisotopic (exact) mass is 508 g/mol. The van der Waals surface area contributed by atoms with Crippen LogP contribution in [0.5, 0.6) is 11.5 Å². The maximum Gasteiger partial charge on any atom is 0.245 e. The summed E-state index contributed by atoms with van der Waals surface area (Å²) in [5.74, 6) is 0.950. The maximum atomic E-state index is 6.04. The Bertz CT molecular complexity index is 596. The molecule has 0 fully saturated rings. The van der Waals surface area contributed by atoms with E-state index in [1.54, 1.807) is 0 Å². The minimum Gasteiger partial charge on any atom is -0.452 e. The fraction of sp³-hybridized carbons (Fsp3) is 0.294. The van der Waals surface area contributed by atoms with Gasteiger partial charge < -0.3 is 9.47 Å². The summed E-state index contributed by atoms with van der Waals surface area (Å²) in [7, 11) is 0. The van der Waals surface area contributed by atoms with Crippen molar-refractivity contribution in [2.75, 3.05) is 0 Å². The van der Waals surface area contributed by atoms with Crippen LogP contribution in [-0.4, -0.2) is 5.79 Å². The van der Waals surface area contributed by atoms with Gasteiger partial charge in [-0.3, -0.25) is 0 Å². The highest BCUT2D eigenvalue weighted by molar-refractivity contribution is 14.1. The number of halogens is 2. The second-order valence-electron chi connectivity index (χ2n) is 5.47. The van der Waals surface area contributed by atoms with E-state index in [2.05, 4.69) is 71.2 Å². The van der Waals surface area contributed by atoms with Crippen molar-refractivity contribution < 1.29 is 9.47 Å². The maximum absolute atomic E-state index is 6.04. The molecule has 0 bridgehead atoms. The molecule has 112 valence electrons. The first-order valence-electron chi connectivity index (χ1n) is 6.67. The predicted molar refractivity (Wildman–Crippen MR) is 103 cm³/mol. The van der Waals surface area contributed by atoms with Crippen LogP contribution in [0.15, 0.2) is 36.4 Å². The highest BCUT2D eigenvalue weighted by Crippen LogP contribution is 2.30. The van der Waals surface area contributed by atoms with E-state index in [1.807, 2.05) is 38.1 Å². The molecule has 4 heteroatoms. The molecule has 0 saturated heterocycles. The van der Waals surface area contributed by atoms with E-state index in [-0.39, 0.29) is 0 Å². The van der Waals surface area contributed by atoms with Gasteiger partial charge in [-0.25, -0.2) is 0 Å². The number of hydrogen-bond acceptors (Lipinski definition) is 2. The summed E-state index contributed by atoms with van der Waals surface area (Å²) in [6.07, 6.45) is 0. The summed E-state index contributed by atoms with van der Waals surface area (Å²) in [4.78, 5) is 0. The van der Waals surface area contributed by atoms with Crippen LogP contribution in [0, 0.1) is 21.0 Å². The van der Waals surface area contributed by atoms with E-state index >= 15 is 0 Å². The molecule has 0 radical (unpaired) electrons. The fourth-order valence-corrected chi connectivity index (χ4v) is 3.49. The summed E-state index contributed by atoms with van der Waals surface area (Å²) in [5, 5.41) is 0. The van der Waals surface area contributed by atoms with Crippen molar-refractivity contribution >= 4 is 45.2 Å². The smallest absolute Gasteiger partial charge is 0.245 e. The lowest BCUT2D eigenvalue weighted by Gasteiger charge is -2.28. The highest BCUT2D eigenvalue weighted by atomic mass is 127. The van der Waals surface area contributed by atoms with E-state index in [9.17, 15) is 0 Å². The average molecular weight is 508 g/mol. The molecular weight excluding hydrogens is 490 g/mol. The highest BCUT2D eigenvalue weighted by Gasteiger charge is 2.24. The van der Waals surface area contributed by atoms with Gasteiger partial charge in [-0.2, -0.15) is 0 Å². The number of rotatable bonds is 4. The van der Waals surface area contributed by atoms with Gasteiger partial charge >= 0.3 is 0 Å². The molecule has 0 aliphatic heterocycles. The first kappa shape index (κ1) is 16.9. The van der Waals surface area contributed by atoms with Crippen LogP contribution in [-0.2, 0) is 0 Å². The van der Waals surface area contributed by atoms with Crippen molar-refractivity contribution in [3.05, 3.63) is 54.7 Å². The van der Waals surface area contributed by atoms with Crippen LogP contribution >= 0.6 is 45.2 Å². The molecule has 0 spiro atoms. The van der Waals surface area contributed by atoms with Gasteiger partial charge in [-0.15, -0.1) is 0 Å². The number of aryl methyl sites for hydroxylation is 2. The van der Waals surface area contributed by atoms with E-state index in [4.69, 9.17) is 9.47 Å². The van der Waals surface area contributed by atoms with Gasteiger partial charge in [0.1, 0.15) is 11.5 Å². The van der Waals surface area contributed by atoms with Crippen molar-refractivity contribution in [1.29, 1.82) is 0 Å². The second kappa shape index (κ2) is 6.73. The van der Waals surface area contributed by atoms with Crippen molar-refractivity contribution in [2.24, 2.45) is 0 Å². The van der Waals surface area contributed by atoms with E-state index in [0.29, 0.717) is 0 Å². The van der Waals surface area contributed by atoms with Crippen LogP contribution in [0.1, 0.15) is 25.0 Å². The normalized spacial score (nSPS) is 11.3. The molecule has 0 aliphatic carbocycles. The Labute approximate surface area is 153 Å². The molecular formula is C17H18I2O2. The van der Waals surface area contributed by atoms with Crippen molar-refractivity contribution in [3.63, 3.8) is 0 Å². The SMILES string of the molecule is Cc1ccc(OC(C)(C)Oc2ccc(C)cc2I)c(I)c1. The van der Waals surface area contributed by atoms with Crippen LogP contribution in [0.4, 0.5) is 0 Å². The average Bonchev–Trinajstić information content (AvgIpc) is 2.36. The van der Waals surface area contributed by atoms with Crippen molar-refractivity contribution in [3.8, 4) is 11.5 Å². The molecule has 2 rings (SSSR count). The zero-order valence-corrected chi connectivity index (χ0v) is 16.9. The molecule has 0 heterocycles. The largest absolute Gasteiger partial charge is 0.452 e. The summed E-state index contributed by atoms with van der Waals surface area (Å²) in [5.41, 5.74) is 2.44. The molecule has 0 amide bonds. The van der Waals surface area contributed by atoms with Crippen LogP contribution in [0.25, 0.3) is 0 Å². The van der Waals surface area contributed by atoms with Gasteiger partial charge in [0.15, 0.2) is 0 Å². The first-order valence-corrected chi connectivity index (χ1v) is 8.83. The molecule has 0 atom stereocenters. The Morgan fingerprint density at radius 3 is 1.48 bits per heavy atom. The molecule has 0 N–H and O–H groups in total. The summed E-state index contributed by atoms with van der Waals surface area (Å²) in [6.45, 7) is 8.00. The zero-order chi connectivity index (χ0) is 15.6. The predicted octanol–water partition coefficient (Wildman–Crippen LogP) is 5.71.